The molecule has 1 heterocycles. The normalized spacial score (nSPS) is 38.5. The number of methoxy groups -OCH3 is 2. The van der Waals surface area contributed by atoms with Gasteiger partial charge in [0.05, 0.1) is 31.9 Å². The molecule has 4 nitrogen and oxygen atoms in total. The number of hydrogen-bond acceptors (Lipinski definition) is 5. The van der Waals surface area contributed by atoms with Gasteiger partial charge in [0.2, 0.25) is 0 Å². The predicted octanol–water partition coefficient (Wildman–Crippen LogP) is 0.575. The van der Waals surface area contributed by atoms with Gasteiger partial charge in [0.1, 0.15) is 0 Å². The Morgan fingerprint density at radius 3 is 2.38 bits per heavy atom. The van der Waals surface area contributed by atoms with E-state index in [0.29, 0.717) is 6.61 Å². The van der Waals surface area contributed by atoms with Crippen LogP contribution in [0.2, 0.25) is 0 Å². The third kappa shape index (κ3) is 3.98. The van der Waals surface area contributed by atoms with E-state index in [4.69, 9.17) is 33.7 Å². The van der Waals surface area contributed by atoms with Crippen LogP contribution in [0.1, 0.15) is 0 Å². The van der Waals surface area contributed by atoms with Crippen LogP contribution in [0.15, 0.2) is 0 Å². The summed E-state index contributed by atoms with van der Waals surface area (Å²) in [6, 6.07) is 0. The molecule has 1 aliphatic rings. The SMILES string of the molecule is [B]C1SC(COP(C)(O)=S)C(OC)C1OC. The van der Waals surface area contributed by atoms with E-state index in [9.17, 15) is 4.89 Å². The van der Waals surface area contributed by atoms with Crippen molar-refractivity contribution in [1.29, 1.82) is 0 Å². The Morgan fingerprint density at radius 2 is 1.94 bits per heavy atom. The molecule has 0 aromatic carbocycles. The van der Waals surface area contributed by atoms with Crippen molar-refractivity contribution in [3.8, 4) is 0 Å². The van der Waals surface area contributed by atoms with Crippen LogP contribution in [0.5, 0.6) is 0 Å². The standard InChI is InChI=1S/C8H16BO4PS2/c1-11-6-5(4-13-14(3,10)15)16-8(9)7(6)12-2/h5-8H,4H2,1-3H3,(H,10,15). The molecule has 8 heteroatoms. The number of hydrogen-bond donors (Lipinski definition) is 1. The molecule has 0 bridgehead atoms. The van der Waals surface area contributed by atoms with Crippen molar-refractivity contribution in [3.63, 3.8) is 0 Å². The van der Waals surface area contributed by atoms with E-state index in [1.54, 1.807) is 14.2 Å². The predicted molar refractivity (Wildman–Crippen MR) is 70.9 cm³/mol. The molecule has 0 aliphatic carbocycles. The minimum absolute atomic E-state index is 0.0411. The average molecular weight is 282 g/mol. The first-order chi connectivity index (χ1) is 7.39. The molecule has 1 N–H and O–H groups in total. The Hall–Kier alpha value is 0.905. The first-order valence-corrected chi connectivity index (χ1v) is 8.86. The summed E-state index contributed by atoms with van der Waals surface area (Å²) in [5, 5.41) is -0.101. The Morgan fingerprint density at radius 1 is 1.38 bits per heavy atom. The second-order valence-electron chi connectivity index (χ2n) is 3.64. The quantitative estimate of drug-likeness (QED) is 0.588. The molecule has 0 amide bonds. The molecule has 1 saturated heterocycles. The van der Waals surface area contributed by atoms with Gasteiger partial charge in [-0.25, -0.2) is 0 Å². The first-order valence-electron chi connectivity index (χ1n) is 4.80. The van der Waals surface area contributed by atoms with Gasteiger partial charge in [-0.15, -0.1) is 0 Å². The summed E-state index contributed by atoms with van der Waals surface area (Å²) in [6.45, 7) is -0.761. The highest BCUT2D eigenvalue weighted by molar-refractivity contribution is 8.09. The van der Waals surface area contributed by atoms with Crippen LogP contribution in [0.25, 0.3) is 0 Å². The molecule has 1 rings (SSSR count). The van der Waals surface area contributed by atoms with Crippen molar-refractivity contribution in [1.82, 2.24) is 0 Å². The summed E-state index contributed by atoms with van der Waals surface area (Å²) in [5.41, 5.74) is 0. The van der Waals surface area contributed by atoms with Gasteiger partial charge < -0.3 is 18.9 Å². The van der Waals surface area contributed by atoms with Crippen molar-refractivity contribution >= 4 is 37.9 Å². The molecule has 0 aromatic heterocycles. The van der Waals surface area contributed by atoms with Gasteiger partial charge in [0.15, 0.2) is 6.49 Å². The molecule has 0 spiro atoms. The fourth-order valence-electron chi connectivity index (χ4n) is 1.66. The van der Waals surface area contributed by atoms with E-state index in [0.717, 1.165) is 0 Å². The minimum Gasteiger partial charge on any atom is -0.378 e. The lowest BCUT2D eigenvalue weighted by molar-refractivity contribution is -0.0251. The molecule has 16 heavy (non-hydrogen) atoms. The lowest BCUT2D eigenvalue weighted by Gasteiger charge is -2.23. The summed E-state index contributed by atoms with van der Waals surface area (Å²) in [5.74, 6) is 0. The second-order valence-corrected chi connectivity index (χ2v) is 8.96. The van der Waals surface area contributed by atoms with Gasteiger partial charge in [-0.3, -0.25) is 0 Å². The van der Waals surface area contributed by atoms with Crippen molar-refractivity contribution in [2.45, 2.75) is 22.6 Å². The van der Waals surface area contributed by atoms with Gasteiger partial charge in [0.25, 0.3) is 0 Å². The lowest BCUT2D eigenvalue weighted by Crippen LogP contribution is -2.37. The number of rotatable bonds is 5. The Balaban J connectivity index is 2.57. The van der Waals surface area contributed by atoms with Gasteiger partial charge in [-0.05, 0) is 17.0 Å². The summed E-state index contributed by atoms with van der Waals surface area (Å²) in [4.78, 5) is 9.42. The highest BCUT2D eigenvalue weighted by Crippen LogP contribution is 2.42. The van der Waals surface area contributed by atoms with Crippen LogP contribution in [-0.4, -0.2) is 62.8 Å². The first kappa shape index (κ1) is 15.0. The Bertz CT molecular complexity index is 275. The van der Waals surface area contributed by atoms with Crippen molar-refractivity contribution in [2.75, 3.05) is 27.5 Å². The fraction of sp³-hybridized carbons (Fsp3) is 1.00. The van der Waals surface area contributed by atoms with Crippen LogP contribution >= 0.6 is 18.3 Å². The maximum atomic E-state index is 9.42. The Labute approximate surface area is 107 Å². The molecule has 1 fully saturated rings. The molecule has 92 valence electrons. The molecule has 0 aromatic rings. The van der Waals surface area contributed by atoms with Crippen LogP contribution in [-0.2, 0) is 25.8 Å². The maximum absolute atomic E-state index is 9.42. The fourth-order valence-corrected chi connectivity index (χ4v) is 3.77. The summed E-state index contributed by atoms with van der Waals surface area (Å²) < 4.78 is 15.9. The maximum Gasteiger partial charge on any atom is 0.183 e. The molecule has 5 atom stereocenters. The number of ether oxygens (including phenoxy) is 2. The van der Waals surface area contributed by atoms with Gasteiger partial charge in [0, 0.05) is 20.9 Å². The molecular formula is C8H16BO4PS2. The third-order valence-corrected chi connectivity index (χ3v) is 4.65. The zero-order valence-electron chi connectivity index (χ0n) is 9.53. The van der Waals surface area contributed by atoms with Crippen LogP contribution in [0.4, 0.5) is 0 Å². The van der Waals surface area contributed by atoms with Crippen LogP contribution in [0.3, 0.4) is 0 Å². The number of thioether (sulfide) groups is 1. The van der Waals surface area contributed by atoms with Crippen molar-refractivity contribution < 1.29 is 18.9 Å². The van der Waals surface area contributed by atoms with Crippen LogP contribution < -0.4 is 0 Å². The van der Waals surface area contributed by atoms with E-state index in [2.05, 4.69) is 0 Å². The monoisotopic (exact) mass is 282 g/mol. The minimum atomic E-state index is -2.62. The summed E-state index contributed by atoms with van der Waals surface area (Å²) in [6.07, 6.45) is -0.288. The highest BCUT2D eigenvalue weighted by Gasteiger charge is 2.42. The van der Waals surface area contributed by atoms with Crippen LogP contribution in [0, 0.1) is 0 Å². The third-order valence-electron chi connectivity index (χ3n) is 2.37. The van der Waals surface area contributed by atoms with E-state index in [1.165, 1.54) is 18.4 Å². The molecule has 5 unspecified atom stereocenters. The molecular weight excluding hydrogens is 266 g/mol. The molecule has 0 saturated carbocycles. The Kier molecular flexibility index (Phi) is 5.78. The zero-order chi connectivity index (χ0) is 12.3. The highest BCUT2D eigenvalue weighted by atomic mass is 32.5. The summed E-state index contributed by atoms with van der Waals surface area (Å²) in [7, 11) is 9.13. The van der Waals surface area contributed by atoms with E-state index in [1.807, 2.05) is 0 Å². The van der Waals surface area contributed by atoms with Gasteiger partial charge in [-0.2, -0.15) is 11.8 Å². The van der Waals surface area contributed by atoms with E-state index >= 15 is 0 Å². The largest absolute Gasteiger partial charge is 0.378 e. The van der Waals surface area contributed by atoms with Gasteiger partial charge in [-0.1, -0.05) is 0 Å². The van der Waals surface area contributed by atoms with E-state index < -0.39 is 6.49 Å². The second kappa shape index (κ2) is 6.18. The zero-order valence-corrected chi connectivity index (χ0v) is 12.1. The molecule has 1 aliphatic heterocycles. The van der Waals surface area contributed by atoms with E-state index in [-0.39, 0.29) is 22.6 Å². The van der Waals surface area contributed by atoms with Gasteiger partial charge >= 0.3 is 0 Å². The smallest absolute Gasteiger partial charge is 0.183 e. The summed E-state index contributed by atoms with van der Waals surface area (Å²) >= 11 is 6.35. The molecule has 2 radical (unpaired) electrons. The average Bonchev–Trinajstić information content (AvgIpc) is 2.49. The van der Waals surface area contributed by atoms with Crippen molar-refractivity contribution in [2.24, 2.45) is 0 Å². The topological polar surface area (TPSA) is 47.9 Å². The lowest BCUT2D eigenvalue weighted by atomic mass is 9.94. The van der Waals surface area contributed by atoms with Crippen molar-refractivity contribution in [3.05, 3.63) is 0 Å².